The molecule has 1 saturated heterocycles. The Kier molecular flexibility index (Phi) is 6.55. The molecule has 1 N–H and O–H groups in total. The lowest BCUT2D eigenvalue weighted by molar-refractivity contribution is -0.112. The maximum absolute atomic E-state index is 12.8. The van der Waals surface area contributed by atoms with E-state index in [0.29, 0.717) is 18.8 Å². The van der Waals surface area contributed by atoms with Crippen molar-refractivity contribution < 1.29 is 13.2 Å². The van der Waals surface area contributed by atoms with Crippen LogP contribution in [0.4, 0.5) is 5.69 Å². The van der Waals surface area contributed by atoms with Crippen molar-refractivity contribution in [2.24, 2.45) is 0 Å². The molecule has 1 fully saturated rings. The number of rotatable bonds is 5. The van der Waals surface area contributed by atoms with E-state index in [-0.39, 0.29) is 23.6 Å². The van der Waals surface area contributed by atoms with Crippen molar-refractivity contribution >= 4 is 21.6 Å². The Bertz CT molecular complexity index is 1090. The van der Waals surface area contributed by atoms with Crippen molar-refractivity contribution in [3.63, 3.8) is 0 Å². The lowest BCUT2D eigenvalue weighted by Gasteiger charge is -2.33. The lowest BCUT2D eigenvalue weighted by atomic mass is 10.2. The molecule has 0 bridgehead atoms. The standard InChI is InChI=1S/C22H24N4O3S/c1-17-6-8-21(9-7-17)30(28,29)26-12-10-25(11-13-26)16-19(15-23)22(27)24-20-5-3-4-18(2)14-20/h3-9,14,16H,10-13H2,1-2H3,(H,24,27)/b19-16-. The fourth-order valence-electron chi connectivity index (χ4n) is 3.17. The molecule has 0 aliphatic carbocycles. The fraction of sp³-hybridized carbons (Fsp3) is 0.273. The first-order valence-electron chi connectivity index (χ1n) is 9.60. The summed E-state index contributed by atoms with van der Waals surface area (Å²) in [5.41, 5.74) is 2.60. The molecule has 156 valence electrons. The Morgan fingerprint density at radius 3 is 2.30 bits per heavy atom. The third-order valence-corrected chi connectivity index (χ3v) is 6.80. The van der Waals surface area contributed by atoms with Crippen LogP contribution >= 0.6 is 0 Å². The van der Waals surface area contributed by atoms with E-state index in [4.69, 9.17) is 0 Å². The summed E-state index contributed by atoms with van der Waals surface area (Å²) in [6.07, 6.45) is 1.50. The number of piperazine rings is 1. The number of amides is 1. The van der Waals surface area contributed by atoms with E-state index in [0.717, 1.165) is 11.1 Å². The molecular weight excluding hydrogens is 400 g/mol. The van der Waals surface area contributed by atoms with Gasteiger partial charge in [0.15, 0.2) is 0 Å². The van der Waals surface area contributed by atoms with Crippen LogP contribution in [0.15, 0.2) is 65.2 Å². The molecular formula is C22H24N4O3S. The average molecular weight is 425 g/mol. The topological polar surface area (TPSA) is 93.5 Å². The van der Waals surface area contributed by atoms with Crippen LogP contribution in [0.25, 0.3) is 0 Å². The van der Waals surface area contributed by atoms with Crippen molar-refractivity contribution in [2.75, 3.05) is 31.5 Å². The van der Waals surface area contributed by atoms with E-state index in [9.17, 15) is 18.5 Å². The number of nitrogens with one attached hydrogen (secondary N) is 1. The van der Waals surface area contributed by atoms with Gasteiger partial charge in [0.1, 0.15) is 11.6 Å². The Morgan fingerprint density at radius 2 is 1.70 bits per heavy atom. The van der Waals surface area contributed by atoms with Crippen LogP contribution in [0.5, 0.6) is 0 Å². The molecule has 8 heteroatoms. The summed E-state index contributed by atoms with van der Waals surface area (Å²) in [5, 5.41) is 12.1. The maximum Gasteiger partial charge on any atom is 0.267 e. The minimum absolute atomic E-state index is 0.0219. The third kappa shape index (κ3) is 5.06. The van der Waals surface area contributed by atoms with Gasteiger partial charge >= 0.3 is 0 Å². The van der Waals surface area contributed by atoms with Crippen LogP contribution in [0.2, 0.25) is 0 Å². The summed E-state index contributed by atoms with van der Waals surface area (Å²) < 4.78 is 27.0. The number of hydrogen-bond acceptors (Lipinski definition) is 5. The van der Waals surface area contributed by atoms with Gasteiger partial charge in [-0.2, -0.15) is 9.57 Å². The number of carbonyl (C=O) groups excluding carboxylic acids is 1. The van der Waals surface area contributed by atoms with Crippen molar-refractivity contribution in [3.8, 4) is 6.07 Å². The number of hydrogen-bond donors (Lipinski definition) is 1. The quantitative estimate of drug-likeness (QED) is 0.588. The molecule has 2 aromatic carbocycles. The van der Waals surface area contributed by atoms with Gasteiger partial charge in [0, 0.05) is 38.1 Å². The molecule has 1 amide bonds. The number of carbonyl (C=O) groups is 1. The van der Waals surface area contributed by atoms with E-state index in [1.54, 1.807) is 35.2 Å². The van der Waals surface area contributed by atoms with Gasteiger partial charge in [-0.25, -0.2) is 8.42 Å². The highest BCUT2D eigenvalue weighted by molar-refractivity contribution is 7.89. The van der Waals surface area contributed by atoms with Crippen molar-refractivity contribution in [1.82, 2.24) is 9.21 Å². The molecule has 2 aromatic rings. The molecule has 0 atom stereocenters. The van der Waals surface area contributed by atoms with E-state index < -0.39 is 15.9 Å². The molecule has 7 nitrogen and oxygen atoms in total. The Hall–Kier alpha value is -3.15. The predicted molar refractivity (Wildman–Crippen MR) is 115 cm³/mol. The van der Waals surface area contributed by atoms with Gasteiger partial charge in [-0.1, -0.05) is 29.8 Å². The van der Waals surface area contributed by atoms with Gasteiger partial charge in [-0.05, 0) is 43.7 Å². The molecule has 1 aliphatic heterocycles. The van der Waals surface area contributed by atoms with Crippen LogP contribution in [0, 0.1) is 25.2 Å². The Labute approximate surface area is 177 Å². The van der Waals surface area contributed by atoms with Crippen molar-refractivity contribution in [3.05, 3.63) is 71.4 Å². The number of anilines is 1. The fourth-order valence-corrected chi connectivity index (χ4v) is 4.60. The first kappa shape index (κ1) is 21.6. The Balaban J connectivity index is 1.64. The molecule has 0 unspecified atom stereocenters. The zero-order valence-corrected chi connectivity index (χ0v) is 17.8. The first-order valence-corrected chi connectivity index (χ1v) is 11.0. The number of benzene rings is 2. The highest BCUT2D eigenvalue weighted by atomic mass is 32.2. The summed E-state index contributed by atoms with van der Waals surface area (Å²) in [4.78, 5) is 14.5. The second kappa shape index (κ2) is 9.11. The van der Waals surface area contributed by atoms with E-state index in [1.807, 2.05) is 38.1 Å². The predicted octanol–water partition coefficient (Wildman–Crippen LogP) is 2.66. The van der Waals surface area contributed by atoms with Crippen molar-refractivity contribution in [2.45, 2.75) is 18.7 Å². The van der Waals surface area contributed by atoms with Gasteiger partial charge in [-0.15, -0.1) is 0 Å². The zero-order valence-electron chi connectivity index (χ0n) is 17.0. The highest BCUT2D eigenvalue weighted by Crippen LogP contribution is 2.19. The van der Waals surface area contributed by atoms with Gasteiger partial charge in [0.05, 0.1) is 4.90 Å². The number of aryl methyl sites for hydroxylation is 2. The highest BCUT2D eigenvalue weighted by Gasteiger charge is 2.28. The summed E-state index contributed by atoms with van der Waals surface area (Å²) in [6, 6.07) is 16.0. The number of nitriles is 1. The Morgan fingerprint density at radius 1 is 1.03 bits per heavy atom. The molecule has 0 spiro atoms. The zero-order chi connectivity index (χ0) is 21.7. The number of sulfonamides is 1. The second-order valence-electron chi connectivity index (χ2n) is 7.23. The van der Waals surface area contributed by atoms with Crippen molar-refractivity contribution in [1.29, 1.82) is 5.26 Å². The summed E-state index contributed by atoms with van der Waals surface area (Å²) in [7, 11) is -3.56. The van der Waals surface area contributed by atoms with Crippen LogP contribution in [-0.4, -0.2) is 49.7 Å². The van der Waals surface area contributed by atoms with Crippen LogP contribution < -0.4 is 5.32 Å². The molecule has 0 radical (unpaired) electrons. The van der Waals surface area contributed by atoms with Gasteiger partial charge in [0.2, 0.25) is 10.0 Å². The minimum atomic E-state index is -3.56. The minimum Gasteiger partial charge on any atom is -0.373 e. The molecule has 0 saturated carbocycles. The van der Waals surface area contributed by atoms with E-state index >= 15 is 0 Å². The number of nitrogens with zero attached hydrogens (tertiary/aromatic N) is 3. The maximum atomic E-state index is 12.8. The second-order valence-corrected chi connectivity index (χ2v) is 9.17. The molecule has 1 heterocycles. The molecule has 3 rings (SSSR count). The SMILES string of the molecule is Cc1ccc(S(=O)(=O)N2CCN(/C=C(/C#N)C(=O)Nc3cccc(C)c3)CC2)cc1. The average Bonchev–Trinajstić information content (AvgIpc) is 2.72. The van der Waals surface area contributed by atoms with Crippen LogP contribution in [0.3, 0.4) is 0 Å². The van der Waals surface area contributed by atoms with E-state index in [2.05, 4.69) is 5.32 Å². The van der Waals surface area contributed by atoms with Gasteiger partial charge < -0.3 is 10.2 Å². The molecule has 0 aromatic heterocycles. The smallest absolute Gasteiger partial charge is 0.267 e. The monoisotopic (exact) mass is 424 g/mol. The first-order chi connectivity index (χ1) is 14.3. The van der Waals surface area contributed by atoms with Crippen LogP contribution in [0.1, 0.15) is 11.1 Å². The van der Waals surface area contributed by atoms with Gasteiger partial charge in [0.25, 0.3) is 5.91 Å². The third-order valence-electron chi connectivity index (χ3n) is 4.88. The van der Waals surface area contributed by atoms with Gasteiger partial charge in [-0.3, -0.25) is 4.79 Å². The normalized spacial score (nSPS) is 15.5. The summed E-state index contributed by atoms with van der Waals surface area (Å²) in [5.74, 6) is -0.488. The largest absolute Gasteiger partial charge is 0.373 e. The van der Waals surface area contributed by atoms with Crippen LogP contribution in [-0.2, 0) is 14.8 Å². The lowest BCUT2D eigenvalue weighted by Crippen LogP contribution is -2.46. The molecule has 1 aliphatic rings. The molecule has 30 heavy (non-hydrogen) atoms. The summed E-state index contributed by atoms with van der Waals surface area (Å²) in [6.45, 7) is 5.18. The van der Waals surface area contributed by atoms with E-state index in [1.165, 1.54) is 10.5 Å². The summed E-state index contributed by atoms with van der Waals surface area (Å²) >= 11 is 0.